The van der Waals surface area contributed by atoms with Crippen LogP contribution in [0.25, 0.3) is 0 Å². The Morgan fingerprint density at radius 2 is 2.21 bits per heavy atom. The number of aryl methyl sites for hydroxylation is 2. The summed E-state index contributed by atoms with van der Waals surface area (Å²) in [6, 6.07) is 4.84. The molecule has 2 rings (SSSR count). The molecule has 102 valence electrons. The predicted molar refractivity (Wildman–Crippen MR) is 79.0 cm³/mol. The second-order valence-electron chi connectivity index (χ2n) is 4.34. The highest BCUT2D eigenvalue weighted by atomic mass is 79.9. The molecule has 0 saturated carbocycles. The van der Waals surface area contributed by atoms with E-state index in [-0.39, 0.29) is 5.82 Å². The Hall–Kier alpha value is -1.56. The van der Waals surface area contributed by atoms with E-state index in [9.17, 15) is 4.39 Å². The van der Waals surface area contributed by atoms with Crippen molar-refractivity contribution in [3.63, 3.8) is 0 Å². The summed E-state index contributed by atoms with van der Waals surface area (Å²) in [4.78, 5) is 0. The van der Waals surface area contributed by atoms with Gasteiger partial charge in [-0.25, -0.2) is 4.39 Å². The van der Waals surface area contributed by atoms with Crippen LogP contribution in [0.3, 0.4) is 0 Å². The first-order valence-corrected chi connectivity index (χ1v) is 6.85. The summed E-state index contributed by atoms with van der Waals surface area (Å²) in [5, 5.41) is 7.46. The summed E-state index contributed by atoms with van der Waals surface area (Å²) < 4.78 is 15.6. The van der Waals surface area contributed by atoms with Crippen molar-refractivity contribution in [2.75, 3.05) is 11.1 Å². The first kappa shape index (κ1) is 13.9. The monoisotopic (exact) mass is 326 g/mol. The topological polar surface area (TPSA) is 55.9 Å². The van der Waals surface area contributed by atoms with Crippen LogP contribution in [-0.4, -0.2) is 9.78 Å². The first-order chi connectivity index (χ1) is 9.02. The van der Waals surface area contributed by atoms with E-state index >= 15 is 0 Å². The van der Waals surface area contributed by atoms with Crippen molar-refractivity contribution in [2.45, 2.75) is 19.8 Å². The molecule has 1 aromatic carbocycles. The molecule has 0 aliphatic rings. The normalized spacial score (nSPS) is 10.7. The van der Waals surface area contributed by atoms with Gasteiger partial charge in [0.25, 0.3) is 0 Å². The Labute approximate surface area is 119 Å². The predicted octanol–water partition coefficient (Wildman–Crippen LogP) is 3.60. The van der Waals surface area contributed by atoms with Crippen LogP contribution >= 0.6 is 15.9 Å². The van der Waals surface area contributed by atoms with Crippen LogP contribution in [0.2, 0.25) is 0 Å². The van der Waals surface area contributed by atoms with E-state index in [0.717, 1.165) is 18.5 Å². The van der Waals surface area contributed by atoms with Gasteiger partial charge in [0.1, 0.15) is 5.82 Å². The van der Waals surface area contributed by atoms with Gasteiger partial charge in [-0.15, -0.1) is 0 Å². The molecule has 0 saturated heterocycles. The Balaban J connectivity index is 2.30. The van der Waals surface area contributed by atoms with Gasteiger partial charge in [-0.3, -0.25) is 4.68 Å². The van der Waals surface area contributed by atoms with Crippen molar-refractivity contribution in [2.24, 2.45) is 7.05 Å². The van der Waals surface area contributed by atoms with E-state index in [1.54, 1.807) is 16.8 Å². The molecular formula is C13H16BrFN4. The number of hydrogen-bond acceptors (Lipinski definition) is 3. The molecule has 0 bridgehead atoms. The van der Waals surface area contributed by atoms with E-state index in [2.05, 4.69) is 33.3 Å². The Kier molecular flexibility index (Phi) is 4.09. The van der Waals surface area contributed by atoms with Crippen LogP contribution in [-0.2, 0) is 13.5 Å². The Morgan fingerprint density at radius 3 is 2.84 bits per heavy atom. The third kappa shape index (κ3) is 2.89. The molecule has 1 heterocycles. The molecule has 19 heavy (non-hydrogen) atoms. The maximum absolute atomic E-state index is 13.5. The molecule has 6 heteroatoms. The van der Waals surface area contributed by atoms with E-state index in [1.807, 2.05) is 7.05 Å². The zero-order valence-electron chi connectivity index (χ0n) is 10.9. The highest BCUT2D eigenvalue weighted by molar-refractivity contribution is 9.10. The molecule has 1 aromatic heterocycles. The molecule has 0 aliphatic carbocycles. The molecule has 2 aromatic rings. The number of nitrogens with zero attached hydrogens (tertiary/aromatic N) is 2. The highest BCUT2D eigenvalue weighted by Gasteiger charge is 2.13. The quantitative estimate of drug-likeness (QED) is 0.902. The van der Waals surface area contributed by atoms with Crippen molar-refractivity contribution in [3.05, 3.63) is 34.2 Å². The SMILES string of the molecule is CCCc1nn(C)c(Nc2ccc(Br)c(F)c2)c1N. The van der Waals surface area contributed by atoms with E-state index < -0.39 is 0 Å². The molecular weight excluding hydrogens is 311 g/mol. The van der Waals surface area contributed by atoms with E-state index in [0.29, 0.717) is 21.7 Å². The van der Waals surface area contributed by atoms with Gasteiger partial charge in [0, 0.05) is 12.7 Å². The molecule has 0 unspecified atom stereocenters. The van der Waals surface area contributed by atoms with Gasteiger partial charge < -0.3 is 11.1 Å². The minimum atomic E-state index is -0.320. The van der Waals surface area contributed by atoms with Crippen LogP contribution in [0, 0.1) is 5.82 Å². The maximum Gasteiger partial charge on any atom is 0.152 e. The fourth-order valence-corrected chi connectivity index (χ4v) is 2.12. The Bertz CT molecular complexity index is 595. The number of nitrogens with one attached hydrogen (secondary N) is 1. The second-order valence-corrected chi connectivity index (χ2v) is 5.19. The number of nitrogen functional groups attached to an aromatic ring is 1. The van der Waals surface area contributed by atoms with Crippen molar-refractivity contribution in [3.8, 4) is 0 Å². The summed E-state index contributed by atoms with van der Waals surface area (Å²) in [6.07, 6.45) is 1.81. The third-order valence-corrected chi connectivity index (χ3v) is 3.47. The number of rotatable bonds is 4. The lowest BCUT2D eigenvalue weighted by Gasteiger charge is -2.08. The minimum Gasteiger partial charge on any atom is -0.394 e. The van der Waals surface area contributed by atoms with E-state index in [4.69, 9.17) is 5.73 Å². The molecule has 0 radical (unpaired) electrons. The second kappa shape index (κ2) is 5.61. The molecule has 0 spiro atoms. The van der Waals surface area contributed by atoms with Crippen LogP contribution in [0.4, 0.5) is 21.6 Å². The number of anilines is 3. The van der Waals surface area contributed by atoms with Gasteiger partial charge >= 0.3 is 0 Å². The van der Waals surface area contributed by atoms with Crippen LogP contribution in [0.15, 0.2) is 22.7 Å². The average molecular weight is 327 g/mol. The van der Waals surface area contributed by atoms with Crippen LogP contribution in [0.5, 0.6) is 0 Å². The van der Waals surface area contributed by atoms with Crippen molar-refractivity contribution in [1.82, 2.24) is 9.78 Å². The zero-order chi connectivity index (χ0) is 14.0. The number of aromatic nitrogens is 2. The van der Waals surface area contributed by atoms with Crippen LogP contribution < -0.4 is 11.1 Å². The average Bonchev–Trinajstić information content (AvgIpc) is 2.62. The molecule has 3 N–H and O–H groups in total. The Morgan fingerprint density at radius 1 is 1.47 bits per heavy atom. The van der Waals surface area contributed by atoms with Crippen molar-refractivity contribution >= 4 is 33.1 Å². The minimum absolute atomic E-state index is 0.320. The van der Waals surface area contributed by atoms with Gasteiger partial charge in [-0.2, -0.15) is 5.10 Å². The lowest BCUT2D eigenvalue weighted by atomic mass is 10.2. The number of halogens is 2. The zero-order valence-corrected chi connectivity index (χ0v) is 12.5. The molecule has 0 amide bonds. The van der Waals surface area contributed by atoms with Gasteiger partial charge in [0.05, 0.1) is 15.9 Å². The third-order valence-electron chi connectivity index (χ3n) is 2.83. The van der Waals surface area contributed by atoms with E-state index in [1.165, 1.54) is 6.07 Å². The number of nitrogens with two attached hydrogens (primary N) is 1. The first-order valence-electron chi connectivity index (χ1n) is 6.06. The van der Waals surface area contributed by atoms with Crippen LogP contribution in [0.1, 0.15) is 19.0 Å². The fraction of sp³-hybridized carbons (Fsp3) is 0.308. The molecule has 0 fully saturated rings. The van der Waals surface area contributed by atoms with Gasteiger partial charge in [-0.05, 0) is 40.5 Å². The maximum atomic E-state index is 13.5. The lowest BCUT2D eigenvalue weighted by molar-refractivity contribution is 0.621. The summed E-state index contributed by atoms with van der Waals surface area (Å²) >= 11 is 3.12. The van der Waals surface area contributed by atoms with Gasteiger partial charge in [0.2, 0.25) is 0 Å². The number of hydrogen-bond donors (Lipinski definition) is 2. The molecule has 4 nitrogen and oxygen atoms in total. The summed E-state index contributed by atoms with van der Waals surface area (Å²) in [5.74, 6) is 0.365. The van der Waals surface area contributed by atoms with Gasteiger partial charge in [0.15, 0.2) is 5.82 Å². The largest absolute Gasteiger partial charge is 0.394 e. The molecule has 0 aliphatic heterocycles. The van der Waals surface area contributed by atoms with Crippen molar-refractivity contribution in [1.29, 1.82) is 0 Å². The lowest BCUT2D eigenvalue weighted by Crippen LogP contribution is -2.01. The van der Waals surface area contributed by atoms with Gasteiger partial charge in [-0.1, -0.05) is 13.3 Å². The summed E-state index contributed by atoms with van der Waals surface area (Å²) in [7, 11) is 1.81. The van der Waals surface area contributed by atoms with Crippen molar-refractivity contribution < 1.29 is 4.39 Å². The fourth-order valence-electron chi connectivity index (χ4n) is 1.88. The molecule has 0 atom stereocenters. The smallest absolute Gasteiger partial charge is 0.152 e. The summed E-state index contributed by atoms with van der Waals surface area (Å²) in [6.45, 7) is 2.07. The highest BCUT2D eigenvalue weighted by Crippen LogP contribution is 2.28. The summed E-state index contributed by atoms with van der Waals surface area (Å²) in [5.41, 5.74) is 8.18. The standard InChI is InChI=1S/C13H16BrFN4/c1-3-4-11-12(16)13(19(2)18-11)17-8-5-6-9(14)10(15)7-8/h5-7,17H,3-4,16H2,1-2H3. The number of benzene rings is 1.